The van der Waals surface area contributed by atoms with Crippen LogP contribution in [-0.4, -0.2) is 35.1 Å². The van der Waals surface area contributed by atoms with Crippen LogP contribution in [0.3, 0.4) is 0 Å². The Kier molecular flexibility index (Phi) is 3.95. The Hall–Kier alpha value is -1.35. The molecule has 1 aromatic rings. The molecule has 104 valence electrons. The average Bonchev–Trinajstić information content (AvgIpc) is 2.45. The Balaban J connectivity index is 2.24. The van der Waals surface area contributed by atoms with Crippen LogP contribution in [0, 0.1) is 0 Å². The lowest BCUT2D eigenvalue weighted by molar-refractivity contribution is 0.0473. The van der Waals surface area contributed by atoms with Gasteiger partial charge in [-0.15, -0.1) is 0 Å². The van der Waals surface area contributed by atoms with Gasteiger partial charge < -0.3 is 10.0 Å². The smallest absolute Gasteiger partial charge is 0.254 e. The van der Waals surface area contributed by atoms with Crippen molar-refractivity contribution in [1.29, 1.82) is 0 Å². The van der Waals surface area contributed by atoms with Crippen molar-refractivity contribution in [2.75, 3.05) is 13.7 Å². The van der Waals surface area contributed by atoms with Gasteiger partial charge in [0.05, 0.1) is 12.1 Å². The second kappa shape index (κ2) is 5.33. The molecule has 1 aliphatic carbocycles. The molecule has 0 fully saturated rings. The van der Waals surface area contributed by atoms with E-state index < -0.39 is 5.54 Å². The molecule has 3 heteroatoms. The molecule has 1 amide bonds. The van der Waals surface area contributed by atoms with Gasteiger partial charge in [0, 0.05) is 12.6 Å². The van der Waals surface area contributed by atoms with Gasteiger partial charge in [-0.25, -0.2) is 0 Å². The van der Waals surface area contributed by atoms with Gasteiger partial charge in [-0.2, -0.15) is 0 Å². The first-order valence-electron chi connectivity index (χ1n) is 6.96. The van der Waals surface area contributed by atoms with Crippen LogP contribution in [0.1, 0.15) is 48.2 Å². The maximum atomic E-state index is 12.5. The zero-order chi connectivity index (χ0) is 14.0. The van der Waals surface area contributed by atoms with Gasteiger partial charge >= 0.3 is 0 Å². The number of benzene rings is 1. The molecule has 0 aliphatic heterocycles. The van der Waals surface area contributed by atoms with Crippen molar-refractivity contribution in [3.8, 4) is 0 Å². The third-order valence-electron chi connectivity index (χ3n) is 4.20. The summed E-state index contributed by atoms with van der Waals surface area (Å²) in [5.74, 6) is -0.0209. The molecular formula is C16H23NO2. The SMILES string of the molecule is CN(C(=O)c1ccc2c(c1)CCCC2)C(C)(C)CO. The van der Waals surface area contributed by atoms with E-state index in [1.54, 1.807) is 11.9 Å². The van der Waals surface area contributed by atoms with Gasteiger partial charge in [0.2, 0.25) is 0 Å². The highest BCUT2D eigenvalue weighted by atomic mass is 16.3. The number of fused-ring (bicyclic) bond motifs is 1. The van der Waals surface area contributed by atoms with E-state index in [0.717, 1.165) is 18.4 Å². The van der Waals surface area contributed by atoms with Crippen molar-refractivity contribution in [1.82, 2.24) is 4.90 Å². The third kappa shape index (κ3) is 2.81. The van der Waals surface area contributed by atoms with E-state index in [4.69, 9.17) is 0 Å². The van der Waals surface area contributed by atoms with Crippen molar-refractivity contribution >= 4 is 5.91 Å². The number of carbonyl (C=O) groups is 1. The van der Waals surface area contributed by atoms with Crippen molar-refractivity contribution in [3.05, 3.63) is 34.9 Å². The van der Waals surface area contributed by atoms with E-state index in [1.807, 2.05) is 26.0 Å². The second-order valence-corrected chi connectivity index (χ2v) is 6.03. The molecule has 19 heavy (non-hydrogen) atoms. The first kappa shape index (κ1) is 14.1. The normalized spacial score (nSPS) is 14.9. The minimum Gasteiger partial charge on any atom is -0.394 e. The number of nitrogens with zero attached hydrogens (tertiary/aromatic N) is 1. The number of amides is 1. The fraction of sp³-hybridized carbons (Fsp3) is 0.562. The zero-order valence-electron chi connectivity index (χ0n) is 12.1. The van der Waals surface area contributed by atoms with Crippen molar-refractivity contribution in [3.63, 3.8) is 0 Å². The Morgan fingerprint density at radius 2 is 1.89 bits per heavy atom. The van der Waals surface area contributed by atoms with Crippen LogP contribution in [0.4, 0.5) is 0 Å². The van der Waals surface area contributed by atoms with Crippen LogP contribution in [0.2, 0.25) is 0 Å². The lowest BCUT2D eigenvalue weighted by atomic mass is 9.90. The Morgan fingerprint density at radius 3 is 2.53 bits per heavy atom. The highest BCUT2D eigenvalue weighted by Crippen LogP contribution is 2.23. The molecule has 0 spiro atoms. The molecule has 1 aliphatic rings. The molecule has 0 unspecified atom stereocenters. The summed E-state index contributed by atoms with van der Waals surface area (Å²) in [6, 6.07) is 6.03. The van der Waals surface area contributed by atoms with Gasteiger partial charge in [-0.05, 0) is 62.8 Å². The number of aryl methyl sites for hydroxylation is 2. The molecule has 0 saturated heterocycles. The molecule has 2 rings (SSSR count). The maximum Gasteiger partial charge on any atom is 0.254 e. The summed E-state index contributed by atoms with van der Waals surface area (Å²) in [6.45, 7) is 3.69. The first-order chi connectivity index (χ1) is 8.95. The Morgan fingerprint density at radius 1 is 1.26 bits per heavy atom. The first-order valence-corrected chi connectivity index (χ1v) is 6.96. The summed E-state index contributed by atoms with van der Waals surface area (Å²) in [5, 5.41) is 9.36. The van der Waals surface area contributed by atoms with E-state index in [0.29, 0.717) is 0 Å². The minimum absolute atomic E-state index is 0.0209. The lowest BCUT2D eigenvalue weighted by Crippen LogP contribution is -2.47. The van der Waals surface area contributed by atoms with E-state index >= 15 is 0 Å². The molecule has 1 aromatic carbocycles. The fourth-order valence-corrected chi connectivity index (χ4v) is 2.44. The quantitative estimate of drug-likeness (QED) is 0.907. The second-order valence-electron chi connectivity index (χ2n) is 6.03. The van der Waals surface area contributed by atoms with Crippen LogP contribution in [0.15, 0.2) is 18.2 Å². The van der Waals surface area contributed by atoms with Crippen LogP contribution in [0.5, 0.6) is 0 Å². The zero-order valence-corrected chi connectivity index (χ0v) is 12.1. The van der Waals surface area contributed by atoms with Gasteiger partial charge in [-0.1, -0.05) is 6.07 Å². The maximum absolute atomic E-state index is 12.5. The van der Waals surface area contributed by atoms with Gasteiger partial charge in [0.15, 0.2) is 0 Å². The number of rotatable bonds is 3. The van der Waals surface area contributed by atoms with E-state index in [1.165, 1.54) is 24.0 Å². The summed E-state index contributed by atoms with van der Waals surface area (Å²) < 4.78 is 0. The number of hydrogen-bond acceptors (Lipinski definition) is 2. The largest absolute Gasteiger partial charge is 0.394 e. The highest BCUT2D eigenvalue weighted by Gasteiger charge is 2.27. The fourth-order valence-electron chi connectivity index (χ4n) is 2.44. The van der Waals surface area contributed by atoms with Crippen LogP contribution in [-0.2, 0) is 12.8 Å². The minimum atomic E-state index is -0.535. The molecule has 0 saturated carbocycles. The van der Waals surface area contributed by atoms with Gasteiger partial charge in [-0.3, -0.25) is 4.79 Å². The molecule has 0 aromatic heterocycles. The predicted molar refractivity (Wildman–Crippen MR) is 76.3 cm³/mol. The van der Waals surface area contributed by atoms with Crippen molar-refractivity contribution < 1.29 is 9.90 Å². The van der Waals surface area contributed by atoms with Crippen LogP contribution < -0.4 is 0 Å². The Bertz CT molecular complexity index is 480. The van der Waals surface area contributed by atoms with E-state index in [9.17, 15) is 9.90 Å². The highest BCUT2D eigenvalue weighted by molar-refractivity contribution is 5.94. The average molecular weight is 261 g/mol. The van der Waals surface area contributed by atoms with Crippen LogP contribution >= 0.6 is 0 Å². The van der Waals surface area contributed by atoms with Crippen LogP contribution in [0.25, 0.3) is 0 Å². The number of aliphatic hydroxyl groups excluding tert-OH is 1. The predicted octanol–water partition coefficient (Wildman–Crippen LogP) is 2.41. The van der Waals surface area contributed by atoms with Crippen molar-refractivity contribution in [2.24, 2.45) is 0 Å². The number of likely N-dealkylation sites (N-methyl/N-ethyl adjacent to an activating group) is 1. The Labute approximate surface area is 115 Å². The number of carbonyl (C=O) groups excluding carboxylic acids is 1. The molecular weight excluding hydrogens is 238 g/mol. The molecule has 1 N–H and O–H groups in total. The number of aliphatic hydroxyl groups is 1. The van der Waals surface area contributed by atoms with E-state index in [2.05, 4.69) is 6.07 Å². The monoisotopic (exact) mass is 261 g/mol. The third-order valence-corrected chi connectivity index (χ3v) is 4.20. The summed E-state index contributed by atoms with van der Waals surface area (Å²) in [7, 11) is 1.75. The number of hydrogen-bond donors (Lipinski definition) is 1. The molecule has 0 radical (unpaired) electrons. The van der Waals surface area contributed by atoms with Crippen molar-refractivity contribution in [2.45, 2.75) is 45.1 Å². The standard InChI is InChI=1S/C16H23NO2/c1-16(2,11-18)17(3)15(19)14-9-8-12-6-4-5-7-13(12)10-14/h8-10,18H,4-7,11H2,1-3H3. The summed E-state index contributed by atoms with van der Waals surface area (Å²) in [6.07, 6.45) is 4.66. The molecule has 0 heterocycles. The lowest BCUT2D eigenvalue weighted by Gasteiger charge is -2.34. The summed E-state index contributed by atoms with van der Waals surface area (Å²) in [5.41, 5.74) is 2.89. The van der Waals surface area contributed by atoms with Gasteiger partial charge in [0.25, 0.3) is 5.91 Å². The summed E-state index contributed by atoms with van der Waals surface area (Å²) >= 11 is 0. The molecule has 0 bridgehead atoms. The van der Waals surface area contributed by atoms with Gasteiger partial charge in [0.1, 0.15) is 0 Å². The van der Waals surface area contributed by atoms with E-state index in [-0.39, 0.29) is 12.5 Å². The summed E-state index contributed by atoms with van der Waals surface area (Å²) in [4.78, 5) is 14.1. The topological polar surface area (TPSA) is 40.5 Å². The molecule has 0 atom stereocenters. The molecule has 3 nitrogen and oxygen atoms in total.